The Hall–Kier alpha value is -1.63. The van der Waals surface area contributed by atoms with E-state index >= 15 is 0 Å². The number of nitrogens with zero attached hydrogens (tertiary/aromatic N) is 4. The molecule has 7 heteroatoms. The molecule has 0 aromatic carbocycles. The van der Waals surface area contributed by atoms with Crippen LogP contribution in [0.2, 0.25) is 0 Å². The van der Waals surface area contributed by atoms with E-state index in [1.54, 1.807) is 17.1 Å². The lowest BCUT2D eigenvalue weighted by molar-refractivity contribution is 0.462. The zero-order valence-corrected chi connectivity index (χ0v) is 13.4. The molecule has 2 aromatic rings. The fourth-order valence-corrected chi connectivity index (χ4v) is 2.27. The molecule has 1 N–H and O–H groups in total. The average Bonchev–Trinajstić information content (AvgIpc) is 2.79. The van der Waals surface area contributed by atoms with Gasteiger partial charge in [-0.1, -0.05) is 13.8 Å². The summed E-state index contributed by atoms with van der Waals surface area (Å²) < 4.78 is 3.73. The molecule has 0 atom stereocenters. The van der Waals surface area contributed by atoms with Crippen LogP contribution in [0.4, 0.5) is 5.69 Å². The predicted octanol–water partition coefficient (Wildman–Crippen LogP) is 2.01. The molecule has 0 saturated heterocycles. The minimum absolute atomic E-state index is 0.116. The molecule has 0 aliphatic carbocycles. The molecule has 108 valence electrons. The molecule has 6 nitrogen and oxygen atoms in total. The van der Waals surface area contributed by atoms with Crippen molar-refractivity contribution < 1.29 is 0 Å². The Bertz CT molecular complexity index is 646. The molecule has 0 bridgehead atoms. The van der Waals surface area contributed by atoms with E-state index in [9.17, 15) is 4.79 Å². The smallest absolute Gasteiger partial charge is 0.283 e. The van der Waals surface area contributed by atoms with Crippen molar-refractivity contribution >= 4 is 21.6 Å². The number of rotatable bonds is 5. The van der Waals surface area contributed by atoms with Crippen molar-refractivity contribution in [1.82, 2.24) is 19.6 Å². The first-order valence-corrected chi connectivity index (χ1v) is 7.23. The van der Waals surface area contributed by atoms with Gasteiger partial charge in [-0.3, -0.25) is 9.48 Å². The summed E-state index contributed by atoms with van der Waals surface area (Å²) in [4.78, 5) is 12.1. The third kappa shape index (κ3) is 3.47. The maximum Gasteiger partial charge on any atom is 0.283 e. The fraction of sp³-hybridized carbons (Fsp3) is 0.462. The monoisotopic (exact) mass is 339 g/mol. The van der Waals surface area contributed by atoms with E-state index in [4.69, 9.17) is 0 Å². The zero-order valence-electron chi connectivity index (χ0n) is 11.8. The van der Waals surface area contributed by atoms with Crippen LogP contribution in [0.3, 0.4) is 0 Å². The quantitative estimate of drug-likeness (QED) is 0.904. The Balaban J connectivity index is 2.13. The summed E-state index contributed by atoms with van der Waals surface area (Å²) >= 11 is 3.34. The van der Waals surface area contributed by atoms with E-state index in [1.165, 1.54) is 4.68 Å². The lowest BCUT2D eigenvalue weighted by Crippen LogP contribution is -2.26. The summed E-state index contributed by atoms with van der Waals surface area (Å²) in [5.41, 5.74) is 1.62. The van der Waals surface area contributed by atoms with Crippen LogP contribution in [0.5, 0.6) is 0 Å². The van der Waals surface area contributed by atoms with Crippen LogP contribution in [-0.2, 0) is 20.1 Å². The molecule has 20 heavy (non-hydrogen) atoms. The molecule has 0 amide bonds. The number of aryl methyl sites for hydroxylation is 1. The normalized spacial score (nSPS) is 11.1. The SMILES string of the molecule is CC(C)Cn1ncc(NCc2cnn(C)c2)c(Br)c1=O. The summed E-state index contributed by atoms with van der Waals surface area (Å²) in [6, 6.07) is 0. The first kappa shape index (κ1) is 14.8. The topological polar surface area (TPSA) is 64.7 Å². The molecule has 0 unspecified atom stereocenters. The molecule has 0 fully saturated rings. The fourth-order valence-electron chi connectivity index (χ4n) is 1.82. The van der Waals surface area contributed by atoms with E-state index < -0.39 is 0 Å². The van der Waals surface area contributed by atoms with Gasteiger partial charge in [-0.05, 0) is 21.8 Å². The summed E-state index contributed by atoms with van der Waals surface area (Å²) in [6.45, 7) is 5.31. The molecule has 0 aliphatic rings. The third-order valence-corrected chi connectivity index (χ3v) is 3.53. The molecule has 2 aromatic heterocycles. The van der Waals surface area contributed by atoms with E-state index in [0.29, 0.717) is 29.2 Å². The Labute approximate surface area is 125 Å². The molecule has 0 spiro atoms. The maximum atomic E-state index is 12.1. The second kappa shape index (κ2) is 6.21. The minimum atomic E-state index is -0.116. The van der Waals surface area contributed by atoms with Crippen molar-refractivity contribution in [1.29, 1.82) is 0 Å². The van der Waals surface area contributed by atoms with Crippen molar-refractivity contribution in [2.45, 2.75) is 26.9 Å². The number of hydrogen-bond acceptors (Lipinski definition) is 4. The first-order valence-electron chi connectivity index (χ1n) is 6.44. The highest BCUT2D eigenvalue weighted by atomic mass is 79.9. The standard InChI is InChI=1S/C13H18BrN5O/c1-9(2)7-19-13(20)12(14)11(6-17-19)15-4-10-5-16-18(3)8-10/h5-6,8-9,15H,4,7H2,1-3H3. The van der Waals surface area contributed by atoms with E-state index in [0.717, 1.165) is 5.56 Å². The summed E-state index contributed by atoms with van der Waals surface area (Å²) in [5, 5.41) is 11.5. The number of halogens is 1. The maximum absolute atomic E-state index is 12.1. The Morgan fingerprint density at radius 3 is 2.70 bits per heavy atom. The summed E-state index contributed by atoms with van der Waals surface area (Å²) in [7, 11) is 1.87. The van der Waals surface area contributed by atoms with Gasteiger partial charge in [-0.15, -0.1) is 0 Å². The van der Waals surface area contributed by atoms with Gasteiger partial charge in [0.2, 0.25) is 0 Å². The number of aromatic nitrogens is 4. The van der Waals surface area contributed by atoms with Gasteiger partial charge in [0.1, 0.15) is 4.47 Å². The van der Waals surface area contributed by atoms with Crippen molar-refractivity contribution in [3.8, 4) is 0 Å². The molecule has 0 saturated carbocycles. The van der Waals surface area contributed by atoms with Gasteiger partial charge in [-0.25, -0.2) is 4.68 Å². The van der Waals surface area contributed by atoms with E-state index in [-0.39, 0.29) is 5.56 Å². The lowest BCUT2D eigenvalue weighted by Gasteiger charge is -2.11. The Morgan fingerprint density at radius 1 is 1.35 bits per heavy atom. The van der Waals surface area contributed by atoms with Gasteiger partial charge in [0.15, 0.2) is 0 Å². The molecule has 0 radical (unpaired) electrons. The second-order valence-corrected chi connectivity index (χ2v) is 5.92. The predicted molar refractivity (Wildman–Crippen MR) is 81.6 cm³/mol. The molecule has 2 rings (SSSR count). The van der Waals surface area contributed by atoms with Gasteiger partial charge < -0.3 is 5.32 Å². The van der Waals surface area contributed by atoms with Gasteiger partial charge in [0, 0.05) is 31.9 Å². The highest BCUT2D eigenvalue weighted by molar-refractivity contribution is 9.10. The van der Waals surface area contributed by atoms with Gasteiger partial charge in [0.05, 0.1) is 18.1 Å². The van der Waals surface area contributed by atoms with Gasteiger partial charge >= 0.3 is 0 Å². The van der Waals surface area contributed by atoms with Crippen LogP contribution < -0.4 is 10.9 Å². The van der Waals surface area contributed by atoms with E-state index in [2.05, 4.69) is 45.3 Å². The number of anilines is 1. The first-order chi connectivity index (χ1) is 9.47. The number of hydrogen-bond donors (Lipinski definition) is 1. The van der Waals surface area contributed by atoms with Gasteiger partial charge in [-0.2, -0.15) is 10.2 Å². The highest BCUT2D eigenvalue weighted by Gasteiger charge is 2.09. The van der Waals surface area contributed by atoms with Gasteiger partial charge in [0.25, 0.3) is 5.56 Å². The zero-order chi connectivity index (χ0) is 14.7. The van der Waals surface area contributed by atoms with Crippen LogP contribution in [-0.4, -0.2) is 19.6 Å². The van der Waals surface area contributed by atoms with Crippen molar-refractivity contribution in [3.63, 3.8) is 0 Å². The third-order valence-electron chi connectivity index (χ3n) is 2.76. The summed E-state index contributed by atoms with van der Waals surface area (Å²) in [6.07, 6.45) is 5.38. The second-order valence-electron chi connectivity index (χ2n) is 5.13. The van der Waals surface area contributed by atoms with Crippen LogP contribution in [0.1, 0.15) is 19.4 Å². The minimum Gasteiger partial charge on any atom is -0.378 e. The number of nitrogens with one attached hydrogen (secondary N) is 1. The largest absolute Gasteiger partial charge is 0.378 e. The van der Waals surface area contributed by atoms with Crippen molar-refractivity contribution in [3.05, 3.63) is 39.0 Å². The average molecular weight is 340 g/mol. The van der Waals surface area contributed by atoms with Crippen LogP contribution in [0.15, 0.2) is 27.9 Å². The summed E-state index contributed by atoms with van der Waals surface area (Å²) in [5.74, 6) is 0.376. The van der Waals surface area contributed by atoms with Crippen LogP contribution >= 0.6 is 15.9 Å². The van der Waals surface area contributed by atoms with Crippen LogP contribution in [0.25, 0.3) is 0 Å². The van der Waals surface area contributed by atoms with E-state index in [1.807, 2.05) is 13.2 Å². The molecular formula is C13H18BrN5O. The highest BCUT2D eigenvalue weighted by Crippen LogP contribution is 2.17. The molecular weight excluding hydrogens is 322 g/mol. The lowest BCUT2D eigenvalue weighted by atomic mass is 10.2. The molecule has 2 heterocycles. The van der Waals surface area contributed by atoms with Crippen molar-refractivity contribution in [2.75, 3.05) is 5.32 Å². The molecule has 0 aliphatic heterocycles. The van der Waals surface area contributed by atoms with Crippen LogP contribution in [0, 0.1) is 5.92 Å². The Morgan fingerprint density at radius 2 is 2.10 bits per heavy atom. The Kier molecular flexibility index (Phi) is 4.59. The van der Waals surface area contributed by atoms with Crippen molar-refractivity contribution in [2.24, 2.45) is 13.0 Å².